The van der Waals surface area contributed by atoms with Gasteiger partial charge >= 0.3 is 0 Å². The second kappa shape index (κ2) is 7.73. The van der Waals surface area contributed by atoms with E-state index in [0.717, 1.165) is 45.1 Å². The number of ether oxygens (including phenoxy) is 1. The highest BCUT2D eigenvalue weighted by atomic mass is 16.5. The number of rotatable bonds is 6. The summed E-state index contributed by atoms with van der Waals surface area (Å²) < 4.78 is 6.66. The van der Waals surface area contributed by atoms with E-state index < -0.39 is 0 Å². The van der Waals surface area contributed by atoms with Gasteiger partial charge in [-0.1, -0.05) is 25.0 Å². The van der Waals surface area contributed by atoms with Crippen molar-refractivity contribution in [1.82, 2.24) is 19.8 Å². The van der Waals surface area contributed by atoms with Crippen LogP contribution < -0.4 is 0 Å². The van der Waals surface area contributed by atoms with Gasteiger partial charge in [0.15, 0.2) is 0 Å². The number of fused-ring (bicyclic) bond motifs is 1. The van der Waals surface area contributed by atoms with Crippen LogP contribution in [0.2, 0.25) is 0 Å². The predicted octanol–water partition coefficient (Wildman–Crippen LogP) is 2.82. The third kappa shape index (κ3) is 3.56. The molecule has 1 aromatic rings. The number of morpholine rings is 1. The number of hydrogen-bond donors (Lipinski definition) is 2. The topological polar surface area (TPSA) is 64.6 Å². The zero-order chi connectivity index (χ0) is 20.9. The van der Waals surface area contributed by atoms with Gasteiger partial charge < -0.3 is 14.8 Å². The summed E-state index contributed by atoms with van der Waals surface area (Å²) in [6.07, 6.45) is 8.94. The maximum Gasteiger partial charge on any atom is 0.120 e. The average Bonchev–Trinajstić information content (AvgIpc) is 3.34. The van der Waals surface area contributed by atoms with Crippen molar-refractivity contribution in [3.05, 3.63) is 29.4 Å². The van der Waals surface area contributed by atoms with Crippen LogP contribution >= 0.6 is 0 Å². The quantitative estimate of drug-likeness (QED) is 0.701. The summed E-state index contributed by atoms with van der Waals surface area (Å²) in [5, 5.41) is 10.2. The van der Waals surface area contributed by atoms with Gasteiger partial charge in [0.05, 0.1) is 18.2 Å². The summed E-state index contributed by atoms with van der Waals surface area (Å²) >= 11 is 0. The van der Waals surface area contributed by atoms with Gasteiger partial charge in [-0.15, -0.1) is 0 Å². The first-order chi connectivity index (χ1) is 14.4. The highest BCUT2D eigenvalue weighted by Crippen LogP contribution is 2.49. The van der Waals surface area contributed by atoms with Crippen molar-refractivity contribution in [3.8, 4) is 0 Å². The lowest BCUT2D eigenvalue weighted by Crippen LogP contribution is -2.53. The zero-order valence-corrected chi connectivity index (χ0v) is 18.9. The second-order valence-electron chi connectivity index (χ2n) is 10.9. The van der Waals surface area contributed by atoms with E-state index in [1.807, 2.05) is 12.4 Å². The standard InChI is InChI=1S/C24H38N4O2/c1-17-5-4-7-23(2,3)19(17)6-10-27-11-20-18(14-29)21-12-28(13-22-25-8-9-26-22)16-24(20,15-27)30-21/h8-9,18,20-21,29H,4-7,10-16H2,1-3H3,(H,25,26)/t18-,20+,21+,24-/m0/s1. The van der Waals surface area contributed by atoms with E-state index in [2.05, 4.69) is 40.5 Å². The molecule has 30 heavy (non-hydrogen) atoms. The van der Waals surface area contributed by atoms with Crippen LogP contribution in [0.4, 0.5) is 0 Å². The van der Waals surface area contributed by atoms with Crippen LogP contribution in [0.25, 0.3) is 0 Å². The van der Waals surface area contributed by atoms with E-state index in [0.29, 0.717) is 11.3 Å². The molecule has 1 aliphatic carbocycles. The molecule has 0 amide bonds. The van der Waals surface area contributed by atoms with Gasteiger partial charge in [0, 0.05) is 63.6 Å². The van der Waals surface area contributed by atoms with Crippen molar-refractivity contribution in [1.29, 1.82) is 0 Å². The van der Waals surface area contributed by atoms with Crippen molar-refractivity contribution >= 4 is 0 Å². The van der Waals surface area contributed by atoms with Crippen molar-refractivity contribution in [2.75, 3.05) is 39.3 Å². The number of allylic oxidation sites excluding steroid dienone is 1. The molecule has 1 aromatic heterocycles. The summed E-state index contributed by atoms with van der Waals surface area (Å²) in [5.74, 6) is 1.70. The Bertz CT molecular complexity index is 789. The molecule has 3 fully saturated rings. The fraction of sp³-hybridized carbons (Fsp3) is 0.792. The molecule has 2 N–H and O–H groups in total. The van der Waals surface area contributed by atoms with Crippen LogP contribution in [0.5, 0.6) is 0 Å². The molecule has 3 aliphatic heterocycles. The van der Waals surface area contributed by atoms with Crippen LogP contribution in [0, 0.1) is 17.3 Å². The molecule has 4 aliphatic rings. The lowest BCUT2D eigenvalue weighted by Gasteiger charge is -2.40. The summed E-state index contributed by atoms with van der Waals surface area (Å²) in [7, 11) is 0. The van der Waals surface area contributed by atoms with E-state index in [1.165, 1.54) is 25.7 Å². The maximum atomic E-state index is 10.2. The minimum atomic E-state index is -0.131. The van der Waals surface area contributed by atoms with Gasteiger partial charge in [0.25, 0.3) is 0 Å². The Labute approximate surface area is 180 Å². The number of aromatic amines is 1. The lowest BCUT2D eigenvalue weighted by atomic mass is 9.71. The van der Waals surface area contributed by atoms with Crippen molar-refractivity contribution in [3.63, 3.8) is 0 Å². The van der Waals surface area contributed by atoms with E-state index in [9.17, 15) is 5.11 Å². The molecule has 0 unspecified atom stereocenters. The van der Waals surface area contributed by atoms with E-state index in [4.69, 9.17) is 4.74 Å². The molecule has 3 saturated heterocycles. The van der Waals surface area contributed by atoms with Gasteiger partial charge in [-0.25, -0.2) is 4.98 Å². The molecule has 4 atom stereocenters. The molecule has 4 heterocycles. The van der Waals surface area contributed by atoms with E-state index >= 15 is 0 Å². The molecule has 0 radical (unpaired) electrons. The van der Waals surface area contributed by atoms with Crippen LogP contribution in [-0.4, -0.2) is 75.9 Å². The van der Waals surface area contributed by atoms with Crippen molar-refractivity contribution in [2.45, 2.75) is 64.7 Å². The maximum absolute atomic E-state index is 10.2. The number of likely N-dealkylation sites (tertiary alicyclic amines) is 2. The molecule has 166 valence electrons. The molecular weight excluding hydrogens is 376 g/mol. The van der Waals surface area contributed by atoms with Gasteiger partial charge in [-0.2, -0.15) is 0 Å². The fourth-order valence-electron chi connectivity index (χ4n) is 7.01. The first-order valence-electron chi connectivity index (χ1n) is 11.8. The number of aromatic nitrogens is 2. The molecule has 2 bridgehead atoms. The fourth-order valence-corrected chi connectivity index (χ4v) is 7.01. The number of imidazole rings is 1. The normalized spacial score (nSPS) is 36.5. The number of H-pyrrole nitrogens is 1. The smallest absolute Gasteiger partial charge is 0.120 e. The van der Waals surface area contributed by atoms with Crippen LogP contribution in [-0.2, 0) is 11.3 Å². The van der Waals surface area contributed by atoms with Crippen molar-refractivity contribution < 1.29 is 9.84 Å². The van der Waals surface area contributed by atoms with Gasteiger partial charge in [-0.05, 0) is 38.0 Å². The molecule has 1 spiro atoms. The Kier molecular flexibility index (Phi) is 5.33. The second-order valence-corrected chi connectivity index (χ2v) is 10.9. The molecule has 6 nitrogen and oxygen atoms in total. The van der Waals surface area contributed by atoms with Gasteiger partial charge in [0.2, 0.25) is 0 Å². The van der Waals surface area contributed by atoms with Crippen molar-refractivity contribution in [2.24, 2.45) is 17.3 Å². The number of nitrogens with zero attached hydrogens (tertiary/aromatic N) is 3. The highest BCUT2D eigenvalue weighted by molar-refractivity contribution is 5.23. The number of aliphatic hydroxyl groups is 1. The molecule has 0 saturated carbocycles. The zero-order valence-electron chi connectivity index (χ0n) is 18.9. The van der Waals surface area contributed by atoms with E-state index in [1.54, 1.807) is 11.1 Å². The minimum absolute atomic E-state index is 0.131. The van der Waals surface area contributed by atoms with Crippen LogP contribution in [0.1, 0.15) is 52.3 Å². The Morgan fingerprint density at radius 2 is 2.10 bits per heavy atom. The predicted molar refractivity (Wildman–Crippen MR) is 117 cm³/mol. The molecule has 5 rings (SSSR count). The van der Waals surface area contributed by atoms with E-state index in [-0.39, 0.29) is 24.2 Å². The van der Waals surface area contributed by atoms with Crippen LogP contribution in [0.3, 0.4) is 0 Å². The Balaban J connectivity index is 1.28. The minimum Gasteiger partial charge on any atom is -0.396 e. The van der Waals surface area contributed by atoms with Gasteiger partial charge in [0.1, 0.15) is 5.82 Å². The highest BCUT2D eigenvalue weighted by Gasteiger charge is 2.62. The largest absolute Gasteiger partial charge is 0.396 e. The molecule has 6 heteroatoms. The molecule has 0 aromatic carbocycles. The monoisotopic (exact) mass is 414 g/mol. The third-order valence-electron chi connectivity index (χ3n) is 8.43. The number of nitrogens with one attached hydrogen (secondary N) is 1. The SMILES string of the molecule is CC1=C(CCN2C[C@@H]3[C@H](CO)[C@H]4CN(Cc5ncc[nH]5)C[C@]3(C2)O4)C(C)(C)CCC1. The first kappa shape index (κ1) is 20.7. The summed E-state index contributed by atoms with van der Waals surface area (Å²) in [4.78, 5) is 12.8. The Morgan fingerprint density at radius 1 is 1.27 bits per heavy atom. The number of aliphatic hydroxyl groups excluding tert-OH is 1. The lowest BCUT2D eigenvalue weighted by molar-refractivity contribution is -0.120. The third-order valence-corrected chi connectivity index (χ3v) is 8.43. The molecular formula is C24H38N4O2. The number of hydrogen-bond acceptors (Lipinski definition) is 5. The summed E-state index contributed by atoms with van der Waals surface area (Å²) in [6.45, 7) is 13.2. The summed E-state index contributed by atoms with van der Waals surface area (Å²) in [5.41, 5.74) is 3.52. The average molecular weight is 415 g/mol. The van der Waals surface area contributed by atoms with Crippen LogP contribution in [0.15, 0.2) is 23.5 Å². The van der Waals surface area contributed by atoms with Gasteiger partial charge in [-0.3, -0.25) is 9.80 Å². The summed E-state index contributed by atoms with van der Waals surface area (Å²) in [6, 6.07) is 0. The first-order valence-corrected chi connectivity index (χ1v) is 11.8. The Morgan fingerprint density at radius 3 is 2.83 bits per heavy atom. The Hall–Kier alpha value is -1.21.